The van der Waals surface area contributed by atoms with Crippen LogP contribution in [0.15, 0.2) is 24.3 Å². The molecule has 17 heavy (non-hydrogen) atoms. The van der Waals surface area contributed by atoms with Gasteiger partial charge in [-0.3, -0.25) is 0 Å². The minimum atomic E-state index is 0.175. The maximum Gasteiger partial charge on any atom is 0.0441 e. The van der Waals surface area contributed by atoms with Gasteiger partial charge in [-0.1, -0.05) is 29.8 Å². The molecule has 1 fully saturated rings. The quantitative estimate of drug-likeness (QED) is 0.845. The molecular weight excluding hydrogens is 230 g/mol. The van der Waals surface area contributed by atoms with Crippen LogP contribution in [0, 0.1) is 5.92 Å². The van der Waals surface area contributed by atoms with Crippen LogP contribution < -0.4 is 5.32 Å². The van der Waals surface area contributed by atoms with Gasteiger partial charge in [0.15, 0.2) is 0 Å². The third-order valence-electron chi connectivity index (χ3n) is 3.35. The molecule has 0 bridgehead atoms. The Balaban J connectivity index is 2.10. The Labute approximate surface area is 110 Å². The fourth-order valence-corrected chi connectivity index (χ4v) is 2.50. The molecule has 0 radical (unpaired) electrons. The fourth-order valence-electron chi connectivity index (χ4n) is 2.22. The van der Waals surface area contributed by atoms with Gasteiger partial charge in [0.2, 0.25) is 0 Å². The van der Waals surface area contributed by atoms with Crippen molar-refractivity contribution in [2.24, 2.45) is 5.92 Å². The van der Waals surface area contributed by atoms with Gasteiger partial charge in [0.25, 0.3) is 0 Å². The highest BCUT2D eigenvalue weighted by molar-refractivity contribution is 6.31. The molecule has 1 aromatic rings. The van der Waals surface area contributed by atoms with Crippen molar-refractivity contribution in [2.45, 2.75) is 45.1 Å². The molecule has 2 rings (SSSR count). The second-order valence-corrected chi connectivity index (χ2v) is 6.50. The number of hydrogen-bond donors (Lipinski definition) is 1. The maximum absolute atomic E-state index is 6.31. The minimum absolute atomic E-state index is 0.175. The number of rotatable bonds is 4. The van der Waals surface area contributed by atoms with E-state index < -0.39 is 0 Å². The molecule has 0 saturated heterocycles. The Morgan fingerprint density at radius 2 is 1.94 bits per heavy atom. The monoisotopic (exact) mass is 251 g/mol. The third-order valence-corrected chi connectivity index (χ3v) is 3.69. The first-order valence-corrected chi connectivity index (χ1v) is 6.84. The highest BCUT2D eigenvalue weighted by atomic mass is 35.5. The van der Waals surface area contributed by atoms with E-state index in [1.807, 2.05) is 12.1 Å². The molecule has 0 aliphatic heterocycles. The first-order chi connectivity index (χ1) is 7.97. The van der Waals surface area contributed by atoms with Crippen molar-refractivity contribution in [3.8, 4) is 0 Å². The number of halogens is 1. The zero-order valence-corrected chi connectivity index (χ0v) is 11.7. The zero-order chi connectivity index (χ0) is 12.5. The fraction of sp³-hybridized carbons (Fsp3) is 0.600. The van der Waals surface area contributed by atoms with E-state index in [0.717, 1.165) is 17.5 Å². The van der Waals surface area contributed by atoms with Crippen LogP contribution in [0.2, 0.25) is 5.02 Å². The summed E-state index contributed by atoms with van der Waals surface area (Å²) in [5, 5.41) is 4.53. The summed E-state index contributed by atoms with van der Waals surface area (Å²) < 4.78 is 0. The first-order valence-electron chi connectivity index (χ1n) is 6.47. The summed E-state index contributed by atoms with van der Waals surface area (Å²) >= 11 is 6.31. The lowest BCUT2D eigenvalue weighted by Gasteiger charge is -2.26. The number of benzene rings is 1. The van der Waals surface area contributed by atoms with Gasteiger partial charge in [-0.2, -0.15) is 0 Å². The predicted molar refractivity (Wildman–Crippen MR) is 74.7 cm³/mol. The van der Waals surface area contributed by atoms with Crippen LogP contribution in [-0.2, 0) is 0 Å². The van der Waals surface area contributed by atoms with Crippen LogP contribution in [0.25, 0.3) is 0 Å². The molecule has 1 aliphatic rings. The van der Waals surface area contributed by atoms with E-state index >= 15 is 0 Å². The summed E-state index contributed by atoms with van der Waals surface area (Å²) in [5.41, 5.74) is 1.49. The summed E-state index contributed by atoms with van der Waals surface area (Å²) in [6, 6.07) is 8.28. The normalized spacial score (nSPS) is 18.1. The van der Waals surface area contributed by atoms with Gasteiger partial charge >= 0.3 is 0 Å². The van der Waals surface area contributed by atoms with Crippen LogP contribution in [0.5, 0.6) is 0 Å². The van der Waals surface area contributed by atoms with Crippen molar-refractivity contribution in [1.82, 2.24) is 5.32 Å². The number of hydrogen-bond acceptors (Lipinski definition) is 1. The van der Waals surface area contributed by atoms with Gasteiger partial charge < -0.3 is 5.32 Å². The van der Waals surface area contributed by atoms with E-state index in [2.05, 4.69) is 38.2 Å². The largest absolute Gasteiger partial charge is 0.311 e. The Hall–Kier alpha value is -0.530. The van der Waals surface area contributed by atoms with Crippen LogP contribution in [0.1, 0.15) is 45.1 Å². The van der Waals surface area contributed by atoms with Crippen molar-refractivity contribution < 1.29 is 0 Å². The van der Waals surface area contributed by atoms with E-state index in [4.69, 9.17) is 11.6 Å². The van der Waals surface area contributed by atoms with Crippen LogP contribution in [0.4, 0.5) is 0 Å². The molecule has 0 heterocycles. The highest BCUT2D eigenvalue weighted by Crippen LogP contribution is 2.44. The van der Waals surface area contributed by atoms with E-state index in [1.54, 1.807) is 0 Å². The van der Waals surface area contributed by atoms with Gasteiger partial charge in [-0.15, -0.1) is 0 Å². The third kappa shape index (κ3) is 3.72. The SMILES string of the molecule is CC(C)(C)NCC(c1ccccc1Cl)C1CC1. The van der Waals surface area contributed by atoms with Crippen molar-refractivity contribution in [2.75, 3.05) is 6.54 Å². The molecule has 94 valence electrons. The summed E-state index contributed by atoms with van der Waals surface area (Å²) in [4.78, 5) is 0. The highest BCUT2D eigenvalue weighted by Gasteiger charge is 2.33. The van der Waals surface area contributed by atoms with Crippen molar-refractivity contribution in [1.29, 1.82) is 0 Å². The Morgan fingerprint density at radius 1 is 1.29 bits per heavy atom. The van der Waals surface area contributed by atoms with Gasteiger partial charge in [-0.05, 0) is 51.2 Å². The standard InChI is InChI=1S/C15H22ClN/c1-15(2,3)17-10-13(11-8-9-11)12-6-4-5-7-14(12)16/h4-7,11,13,17H,8-10H2,1-3H3. The van der Waals surface area contributed by atoms with E-state index in [1.165, 1.54) is 18.4 Å². The maximum atomic E-state index is 6.31. The van der Waals surface area contributed by atoms with Crippen LogP contribution >= 0.6 is 11.6 Å². The molecule has 1 nitrogen and oxygen atoms in total. The molecule has 1 aromatic carbocycles. The smallest absolute Gasteiger partial charge is 0.0441 e. The summed E-state index contributed by atoms with van der Waals surface area (Å²) in [5.74, 6) is 1.40. The van der Waals surface area contributed by atoms with Crippen molar-refractivity contribution in [3.63, 3.8) is 0 Å². The second-order valence-electron chi connectivity index (χ2n) is 6.10. The lowest BCUT2D eigenvalue weighted by molar-refractivity contribution is 0.394. The molecule has 1 N–H and O–H groups in total. The zero-order valence-electron chi connectivity index (χ0n) is 11.0. The van der Waals surface area contributed by atoms with Gasteiger partial charge in [0, 0.05) is 23.0 Å². The molecule has 1 unspecified atom stereocenters. The van der Waals surface area contributed by atoms with Crippen LogP contribution in [0.3, 0.4) is 0 Å². The van der Waals surface area contributed by atoms with Gasteiger partial charge in [0.05, 0.1) is 0 Å². The first kappa shape index (κ1) is 12.9. The summed E-state index contributed by atoms with van der Waals surface area (Å²) in [6.07, 6.45) is 2.70. The van der Waals surface area contributed by atoms with E-state index in [9.17, 15) is 0 Å². The Bertz CT molecular complexity index is 377. The Morgan fingerprint density at radius 3 is 2.47 bits per heavy atom. The molecule has 0 aromatic heterocycles. The lowest BCUT2D eigenvalue weighted by Crippen LogP contribution is -2.39. The molecule has 1 aliphatic carbocycles. The number of nitrogens with one attached hydrogen (secondary N) is 1. The van der Waals surface area contributed by atoms with Crippen LogP contribution in [-0.4, -0.2) is 12.1 Å². The minimum Gasteiger partial charge on any atom is -0.311 e. The molecule has 2 heteroatoms. The summed E-state index contributed by atoms with van der Waals surface area (Å²) in [6.45, 7) is 7.66. The van der Waals surface area contributed by atoms with Gasteiger partial charge in [-0.25, -0.2) is 0 Å². The molecular formula is C15H22ClN. The average Bonchev–Trinajstić information content (AvgIpc) is 3.03. The van der Waals surface area contributed by atoms with E-state index in [-0.39, 0.29) is 5.54 Å². The predicted octanol–water partition coefficient (Wildman–Crippen LogP) is 4.22. The molecule has 0 amide bonds. The summed E-state index contributed by atoms with van der Waals surface area (Å²) in [7, 11) is 0. The lowest BCUT2D eigenvalue weighted by atomic mass is 9.93. The van der Waals surface area contributed by atoms with Gasteiger partial charge in [0.1, 0.15) is 0 Å². The Kier molecular flexibility index (Phi) is 3.79. The van der Waals surface area contributed by atoms with E-state index in [0.29, 0.717) is 5.92 Å². The molecule has 0 spiro atoms. The topological polar surface area (TPSA) is 12.0 Å². The van der Waals surface area contributed by atoms with Crippen molar-refractivity contribution >= 4 is 11.6 Å². The van der Waals surface area contributed by atoms with Crippen molar-refractivity contribution in [3.05, 3.63) is 34.9 Å². The molecule has 1 atom stereocenters. The average molecular weight is 252 g/mol. The second kappa shape index (κ2) is 4.99. The molecule has 1 saturated carbocycles.